The number of carbonyl (C=O) groups is 1. The van der Waals surface area contributed by atoms with E-state index in [9.17, 15) is 4.79 Å². The predicted octanol–water partition coefficient (Wildman–Crippen LogP) is 4.85. The van der Waals surface area contributed by atoms with E-state index in [0.29, 0.717) is 5.75 Å². The van der Waals surface area contributed by atoms with E-state index in [1.54, 1.807) is 0 Å². The number of rotatable bonds is 8. The molecule has 1 unspecified atom stereocenters. The van der Waals surface area contributed by atoms with E-state index < -0.39 is 0 Å². The highest BCUT2D eigenvalue weighted by Crippen LogP contribution is 2.29. The third kappa shape index (κ3) is 4.88. The van der Waals surface area contributed by atoms with E-state index in [1.807, 2.05) is 43.3 Å². The number of Topliss-reactive ketones (excluding diaryl/α,β-unsaturated/α-hetero) is 1. The number of nitrogens with one attached hydrogen (secondary N) is 1. The van der Waals surface area contributed by atoms with Gasteiger partial charge in [-0.25, -0.2) is 0 Å². The lowest BCUT2D eigenvalue weighted by Crippen LogP contribution is -2.17. The van der Waals surface area contributed by atoms with Gasteiger partial charge in [0.05, 0.1) is 11.9 Å². The van der Waals surface area contributed by atoms with Gasteiger partial charge in [-0.15, -0.1) is 10.2 Å². The van der Waals surface area contributed by atoms with E-state index in [-0.39, 0.29) is 11.9 Å². The topological polar surface area (TPSA) is 69.0 Å². The smallest absolute Gasteiger partial charge is 0.210 e. The van der Waals surface area contributed by atoms with Crippen molar-refractivity contribution < 1.29 is 9.53 Å². The quantitative estimate of drug-likeness (QED) is 0.408. The van der Waals surface area contributed by atoms with Crippen molar-refractivity contribution in [3.8, 4) is 0 Å². The number of thioether (sulfide) groups is 1. The molecule has 1 aromatic carbocycles. The average molecular weight is 429 g/mol. The van der Waals surface area contributed by atoms with Crippen LogP contribution in [0.5, 0.6) is 0 Å². The van der Waals surface area contributed by atoms with Crippen molar-refractivity contribution in [1.29, 1.82) is 0 Å². The molecule has 152 valence electrons. The van der Waals surface area contributed by atoms with Crippen molar-refractivity contribution in [3.63, 3.8) is 0 Å². The van der Waals surface area contributed by atoms with Crippen LogP contribution in [-0.4, -0.2) is 39.0 Å². The van der Waals surface area contributed by atoms with Crippen molar-refractivity contribution in [2.75, 3.05) is 17.7 Å². The van der Waals surface area contributed by atoms with E-state index >= 15 is 0 Å². The Kier molecular flexibility index (Phi) is 6.32. The maximum Gasteiger partial charge on any atom is 0.210 e. The fourth-order valence-corrected chi connectivity index (χ4v) is 5.18. The number of ether oxygens (including phenoxy) is 1. The Morgan fingerprint density at radius 1 is 1.31 bits per heavy atom. The summed E-state index contributed by atoms with van der Waals surface area (Å²) in [5.41, 5.74) is 3.89. The van der Waals surface area contributed by atoms with Crippen molar-refractivity contribution in [2.24, 2.45) is 0 Å². The first kappa shape index (κ1) is 20.1. The van der Waals surface area contributed by atoms with Gasteiger partial charge in [0.1, 0.15) is 0 Å². The lowest BCUT2D eigenvalue weighted by atomic mass is 10.2. The second-order valence-corrected chi connectivity index (χ2v) is 9.31. The van der Waals surface area contributed by atoms with Crippen LogP contribution in [-0.2, 0) is 11.3 Å². The average Bonchev–Trinajstić information content (AvgIpc) is 3.45. The van der Waals surface area contributed by atoms with Gasteiger partial charge in [0.25, 0.3) is 0 Å². The molecule has 0 bridgehead atoms. The van der Waals surface area contributed by atoms with Crippen molar-refractivity contribution in [1.82, 2.24) is 14.8 Å². The van der Waals surface area contributed by atoms with Gasteiger partial charge in [-0.2, -0.15) is 0 Å². The summed E-state index contributed by atoms with van der Waals surface area (Å²) in [6.07, 6.45) is 2.47. The second-order valence-electron chi connectivity index (χ2n) is 7.11. The molecule has 1 aliphatic rings. The molecule has 29 heavy (non-hydrogen) atoms. The summed E-state index contributed by atoms with van der Waals surface area (Å²) in [5, 5.41) is 12.3. The van der Waals surface area contributed by atoms with Crippen LogP contribution in [0.2, 0.25) is 0 Å². The zero-order valence-electron chi connectivity index (χ0n) is 16.6. The standard InChI is InChI=1S/C21H24N4O2S2/c1-14-11-18(15(2)25(14)12-17-9-6-10-27-17)19(26)13-28-21-24-23-20(29-21)22-16-7-4-3-5-8-16/h3-5,7-8,11,17H,6,9-10,12-13H2,1-2H3,(H,22,23). The van der Waals surface area contributed by atoms with Crippen LogP contribution in [0.4, 0.5) is 10.8 Å². The SMILES string of the molecule is Cc1cc(C(=O)CSc2nnc(Nc3ccccc3)s2)c(C)n1CC1CCCO1. The summed E-state index contributed by atoms with van der Waals surface area (Å²) in [4.78, 5) is 12.8. The van der Waals surface area contributed by atoms with Crippen LogP contribution in [0.3, 0.4) is 0 Å². The van der Waals surface area contributed by atoms with Crippen molar-refractivity contribution >= 4 is 39.7 Å². The normalized spacial score (nSPS) is 16.3. The Balaban J connectivity index is 1.36. The van der Waals surface area contributed by atoms with Crippen LogP contribution >= 0.6 is 23.1 Å². The first-order valence-electron chi connectivity index (χ1n) is 9.70. The first-order chi connectivity index (χ1) is 14.1. The van der Waals surface area contributed by atoms with E-state index in [0.717, 1.165) is 58.1 Å². The minimum absolute atomic E-state index is 0.120. The minimum atomic E-state index is 0.120. The van der Waals surface area contributed by atoms with Crippen LogP contribution in [0, 0.1) is 13.8 Å². The molecule has 2 aromatic heterocycles. The van der Waals surface area contributed by atoms with Gasteiger partial charge in [0, 0.05) is 35.8 Å². The van der Waals surface area contributed by atoms with Gasteiger partial charge in [0.2, 0.25) is 5.13 Å². The van der Waals surface area contributed by atoms with Gasteiger partial charge in [-0.1, -0.05) is 41.3 Å². The van der Waals surface area contributed by atoms with Crippen LogP contribution in [0.25, 0.3) is 0 Å². The molecule has 3 aromatic rings. The Morgan fingerprint density at radius 2 is 2.14 bits per heavy atom. The number of hydrogen-bond donors (Lipinski definition) is 1. The molecule has 4 rings (SSSR count). The molecule has 0 saturated carbocycles. The van der Waals surface area contributed by atoms with Crippen LogP contribution < -0.4 is 5.32 Å². The number of para-hydroxylation sites is 1. The summed E-state index contributed by atoms with van der Waals surface area (Å²) in [6, 6.07) is 11.8. The van der Waals surface area contributed by atoms with Crippen molar-refractivity contribution in [3.05, 3.63) is 53.3 Å². The molecular weight excluding hydrogens is 404 g/mol. The van der Waals surface area contributed by atoms with Gasteiger partial charge in [0.15, 0.2) is 10.1 Å². The lowest BCUT2D eigenvalue weighted by Gasteiger charge is -2.14. The highest BCUT2D eigenvalue weighted by Gasteiger charge is 2.21. The molecule has 8 heteroatoms. The van der Waals surface area contributed by atoms with E-state index in [1.165, 1.54) is 23.1 Å². The highest BCUT2D eigenvalue weighted by atomic mass is 32.2. The molecule has 1 aliphatic heterocycles. The number of benzene rings is 1. The molecule has 0 radical (unpaired) electrons. The Bertz CT molecular complexity index is 978. The Labute approximate surface area is 178 Å². The zero-order valence-corrected chi connectivity index (χ0v) is 18.2. The monoisotopic (exact) mass is 428 g/mol. The number of nitrogens with zero attached hydrogens (tertiary/aromatic N) is 3. The van der Waals surface area contributed by atoms with Crippen LogP contribution in [0.15, 0.2) is 40.7 Å². The first-order valence-corrected chi connectivity index (χ1v) is 11.5. The van der Waals surface area contributed by atoms with E-state index in [4.69, 9.17) is 4.74 Å². The summed E-state index contributed by atoms with van der Waals surface area (Å²) in [6.45, 7) is 5.74. The second kappa shape index (κ2) is 9.11. The number of anilines is 2. The maximum atomic E-state index is 12.8. The molecule has 0 aliphatic carbocycles. The predicted molar refractivity (Wildman–Crippen MR) is 118 cm³/mol. The molecule has 1 atom stereocenters. The van der Waals surface area contributed by atoms with Gasteiger partial charge >= 0.3 is 0 Å². The van der Waals surface area contributed by atoms with Gasteiger partial charge in [-0.05, 0) is 44.9 Å². The molecule has 6 nitrogen and oxygen atoms in total. The third-order valence-electron chi connectivity index (χ3n) is 5.04. The number of aryl methyl sites for hydroxylation is 1. The number of ketones is 1. The molecular formula is C21H24N4O2S2. The Hall–Kier alpha value is -2.16. The van der Waals surface area contributed by atoms with Gasteiger partial charge < -0.3 is 14.6 Å². The summed E-state index contributed by atoms with van der Waals surface area (Å²) >= 11 is 2.89. The third-order valence-corrected chi connectivity index (χ3v) is 7.01. The molecule has 3 heterocycles. The van der Waals surface area contributed by atoms with E-state index in [2.05, 4.69) is 27.0 Å². The molecule has 0 spiro atoms. The van der Waals surface area contributed by atoms with Gasteiger partial charge in [-0.3, -0.25) is 4.79 Å². The Morgan fingerprint density at radius 3 is 2.90 bits per heavy atom. The molecule has 0 amide bonds. The van der Waals surface area contributed by atoms with Crippen molar-refractivity contribution in [2.45, 2.75) is 43.7 Å². The number of aromatic nitrogens is 3. The minimum Gasteiger partial charge on any atom is -0.376 e. The fourth-order valence-electron chi connectivity index (χ4n) is 3.52. The zero-order chi connectivity index (χ0) is 20.2. The lowest BCUT2D eigenvalue weighted by molar-refractivity contribution is 0.0957. The fraction of sp³-hybridized carbons (Fsp3) is 0.381. The largest absolute Gasteiger partial charge is 0.376 e. The highest BCUT2D eigenvalue weighted by molar-refractivity contribution is 8.01. The molecule has 1 N–H and O–H groups in total. The maximum absolute atomic E-state index is 12.8. The summed E-state index contributed by atoms with van der Waals surface area (Å²) in [5.74, 6) is 0.471. The number of hydrogen-bond acceptors (Lipinski definition) is 7. The summed E-state index contributed by atoms with van der Waals surface area (Å²) < 4.78 is 8.75. The number of carbonyl (C=O) groups excluding carboxylic acids is 1. The molecule has 1 fully saturated rings. The van der Waals surface area contributed by atoms with Crippen LogP contribution in [0.1, 0.15) is 34.6 Å². The summed E-state index contributed by atoms with van der Waals surface area (Å²) in [7, 11) is 0. The molecule has 1 saturated heterocycles.